The van der Waals surface area contributed by atoms with Crippen molar-refractivity contribution in [2.24, 2.45) is 0 Å². The molecule has 1 atom stereocenters. The summed E-state index contributed by atoms with van der Waals surface area (Å²) in [7, 11) is 0. The van der Waals surface area contributed by atoms with Crippen LogP contribution in [0, 0.1) is 0 Å². The standard InChI is InChI=1S/C25H31N5O/c1-20(23-9-11-24(12-10-23)30-16-13-26-19-30)28-25(31)27-17-21-5-7-22(8-6-21)18-29-14-3-2-4-15-29/h5-13,16,19-20H,2-4,14-15,17-18H2,1H3,(H2,27,28,31)/t20-/m1/s1. The van der Waals surface area contributed by atoms with E-state index in [1.54, 1.807) is 12.5 Å². The second kappa shape index (κ2) is 10.3. The highest BCUT2D eigenvalue weighted by Gasteiger charge is 2.11. The maximum atomic E-state index is 12.3. The van der Waals surface area contributed by atoms with Gasteiger partial charge < -0.3 is 15.2 Å². The number of carbonyl (C=O) groups excluding carboxylic acids is 1. The molecule has 3 aromatic rings. The number of piperidine rings is 1. The van der Waals surface area contributed by atoms with Gasteiger partial charge >= 0.3 is 6.03 Å². The minimum Gasteiger partial charge on any atom is -0.334 e. The molecule has 4 rings (SSSR count). The highest BCUT2D eigenvalue weighted by Crippen LogP contribution is 2.16. The number of carbonyl (C=O) groups is 1. The zero-order valence-corrected chi connectivity index (χ0v) is 18.1. The summed E-state index contributed by atoms with van der Waals surface area (Å²) in [6.07, 6.45) is 9.41. The number of likely N-dealkylation sites (tertiary alicyclic amines) is 1. The molecule has 162 valence electrons. The Morgan fingerprint density at radius 3 is 2.39 bits per heavy atom. The molecule has 2 aromatic carbocycles. The molecular formula is C25H31N5O. The van der Waals surface area contributed by atoms with Crippen molar-refractivity contribution in [3.8, 4) is 5.69 Å². The Balaban J connectivity index is 1.23. The van der Waals surface area contributed by atoms with Crippen molar-refractivity contribution in [3.63, 3.8) is 0 Å². The normalized spacial score (nSPS) is 15.4. The largest absolute Gasteiger partial charge is 0.334 e. The molecule has 1 aliphatic rings. The Morgan fingerprint density at radius 1 is 1.00 bits per heavy atom. The van der Waals surface area contributed by atoms with Crippen LogP contribution in [-0.2, 0) is 13.1 Å². The smallest absolute Gasteiger partial charge is 0.315 e. The van der Waals surface area contributed by atoms with E-state index in [1.807, 2.05) is 42.0 Å². The first-order valence-electron chi connectivity index (χ1n) is 11.1. The first-order valence-corrected chi connectivity index (χ1v) is 11.1. The zero-order valence-electron chi connectivity index (χ0n) is 18.1. The van der Waals surface area contributed by atoms with Crippen LogP contribution >= 0.6 is 0 Å². The van der Waals surface area contributed by atoms with Crippen molar-refractivity contribution in [3.05, 3.63) is 83.9 Å². The fourth-order valence-corrected chi connectivity index (χ4v) is 4.00. The van der Waals surface area contributed by atoms with Gasteiger partial charge in [-0.25, -0.2) is 9.78 Å². The summed E-state index contributed by atoms with van der Waals surface area (Å²) < 4.78 is 1.95. The van der Waals surface area contributed by atoms with Crippen molar-refractivity contribution < 1.29 is 4.79 Å². The van der Waals surface area contributed by atoms with Crippen molar-refractivity contribution in [1.29, 1.82) is 0 Å². The molecule has 31 heavy (non-hydrogen) atoms. The fourth-order valence-electron chi connectivity index (χ4n) is 4.00. The van der Waals surface area contributed by atoms with E-state index >= 15 is 0 Å². The summed E-state index contributed by atoms with van der Waals surface area (Å²) in [4.78, 5) is 18.9. The molecule has 1 aromatic heterocycles. The summed E-state index contributed by atoms with van der Waals surface area (Å²) in [5, 5.41) is 5.97. The highest BCUT2D eigenvalue weighted by atomic mass is 16.2. The van der Waals surface area contributed by atoms with Gasteiger partial charge in [0.1, 0.15) is 0 Å². The molecule has 0 unspecified atom stereocenters. The van der Waals surface area contributed by atoms with Gasteiger partial charge in [0, 0.05) is 31.2 Å². The topological polar surface area (TPSA) is 62.2 Å². The van der Waals surface area contributed by atoms with Gasteiger partial charge in [-0.2, -0.15) is 0 Å². The third-order valence-corrected chi connectivity index (χ3v) is 5.87. The Hall–Kier alpha value is -3.12. The number of hydrogen-bond donors (Lipinski definition) is 2. The first kappa shape index (κ1) is 21.1. The van der Waals surface area contributed by atoms with Crippen LogP contribution in [0.3, 0.4) is 0 Å². The summed E-state index contributed by atoms with van der Waals surface area (Å²) in [6, 6.07) is 16.4. The molecule has 6 heteroatoms. The van der Waals surface area contributed by atoms with Gasteiger partial charge in [0.25, 0.3) is 0 Å². The molecular weight excluding hydrogens is 386 g/mol. The average Bonchev–Trinajstić information content (AvgIpc) is 3.34. The Kier molecular flexibility index (Phi) is 6.99. The molecule has 0 aliphatic carbocycles. The van der Waals surface area contributed by atoms with E-state index in [2.05, 4.69) is 44.8 Å². The number of nitrogens with zero attached hydrogens (tertiary/aromatic N) is 3. The van der Waals surface area contributed by atoms with Crippen LogP contribution in [0.5, 0.6) is 0 Å². The van der Waals surface area contributed by atoms with Gasteiger partial charge in [-0.1, -0.05) is 42.8 Å². The van der Waals surface area contributed by atoms with E-state index < -0.39 is 0 Å². The van der Waals surface area contributed by atoms with Crippen LogP contribution in [0.1, 0.15) is 48.9 Å². The third-order valence-electron chi connectivity index (χ3n) is 5.87. The van der Waals surface area contributed by atoms with Gasteiger partial charge in [0.15, 0.2) is 0 Å². The second-order valence-electron chi connectivity index (χ2n) is 8.26. The van der Waals surface area contributed by atoms with Crippen molar-refractivity contribution in [2.75, 3.05) is 13.1 Å². The lowest BCUT2D eigenvalue weighted by Crippen LogP contribution is -2.36. The van der Waals surface area contributed by atoms with E-state index in [-0.39, 0.29) is 12.1 Å². The quantitative estimate of drug-likeness (QED) is 0.598. The predicted molar refractivity (Wildman–Crippen MR) is 123 cm³/mol. The van der Waals surface area contributed by atoms with Gasteiger partial charge in [0.05, 0.1) is 12.4 Å². The predicted octanol–water partition coefficient (Wildman–Crippen LogP) is 4.42. The minimum absolute atomic E-state index is 0.0799. The number of benzene rings is 2. The molecule has 1 saturated heterocycles. The van der Waals surface area contributed by atoms with Gasteiger partial charge in [-0.15, -0.1) is 0 Å². The lowest BCUT2D eigenvalue weighted by Gasteiger charge is -2.26. The lowest BCUT2D eigenvalue weighted by atomic mass is 10.1. The molecule has 0 radical (unpaired) electrons. The van der Waals surface area contributed by atoms with Crippen LogP contribution in [-0.4, -0.2) is 33.6 Å². The van der Waals surface area contributed by atoms with E-state index in [4.69, 9.17) is 0 Å². The summed E-state index contributed by atoms with van der Waals surface area (Å²) in [6.45, 7) is 5.93. The van der Waals surface area contributed by atoms with Crippen LogP contribution in [0.2, 0.25) is 0 Å². The number of nitrogens with one attached hydrogen (secondary N) is 2. The van der Waals surface area contributed by atoms with Gasteiger partial charge in [-0.05, 0) is 61.7 Å². The molecule has 2 N–H and O–H groups in total. The second-order valence-corrected chi connectivity index (χ2v) is 8.26. The lowest BCUT2D eigenvalue weighted by molar-refractivity contribution is 0.221. The summed E-state index contributed by atoms with van der Waals surface area (Å²) in [5.74, 6) is 0. The molecule has 2 amide bonds. The molecule has 0 spiro atoms. The fraction of sp³-hybridized carbons (Fsp3) is 0.360. The van der Waals surface area contributed by atoms with Crippen LogP contribution in [0.4, 0.5) is 4.79 Å². The third kappa shape index (κ3) is 5.95. The monoisotopic (exact) mass is 417 g/mol. The number of hydrogen-bond acceptors (Lipinski definition) is 3. The van der Waals surface area contributed by atoms with Crippen molar-refractivity contribution in [2.45, 2.75) is 45.3 Å². The maximum absolute atomic E-state index is 12.3. The van der Waals surface area contributed by atoms with Gasteiger partial charge in [-0.3, -0.25) is 4.90 Å². The van der Waals surface area contributed by atoms with E-state index in [0.29, 0.717) is 6.54 Å². The zero-order chi connectivity index (χ0) is 21.5. The Bertz CT molecular complexity index is 945. The average molecular weight is 418 g/mol. The van der Waals surface area contributed by atoms with Crippen molar-refractivity contribution in [1.82, 2.24) is 25.1 Å². The number of aromatic nitrogens is 2. The highest BCUT2D eigenvalue weighted by molar-refractivity contribution is 5.74. The van der Waals surface area contributed by atoms with Crippen LogP contribution < -0.4 is 10.6 Å². The SMILES string of the molecule is C[C@@H](NC(=O)NCc1ccc(CN2CCCCC2)cc1)c1ccc(-n2ccnc2)cc1. The number of urea groups is 1. The molecule has 0 saturated carbocycles. The number of rotatable bonds is 7. The molecule has 1 fully saturated rings. The molecule has 0 bridgehead atoms. The minimum atomic E-state index is -0.163. The summed E-state index contributed by atoms with van der Waals surface area (Å²) in [5.41, 5.74) is 4.54. The van der Waals surface area contributed by atoms with Crippen LogP contribution in [0.25, 0.3) is 5.69 Å². The first-order chi connectivity index (χ1) is 15.2. The Labute approximate surface area is 184 Å². The van der Waals surface area contributed by atoms with E-state index in [9.17, 15) is 4.79 Å². The van der Waals surface area contributed by atoms with Crippen LogP contribution in [0.15, 0.2) is 67.3 Å². The van der Waals surface area contributed by atoms with E-state index in [0.717, 1.165) is 23.4 Å². The van der Waals surface area contributed by atoms with Crippen molar-refractivity contribution >= 4 is 6.03 Å². The summed E-state index contributed by atoms with van der Waals surface area (Å²) >= 11 is 0. The maximum Gasteiger partial charge on any atom is 0.315 e. The van der Waals surface area contributed by atoms with E-state index in [1.165, 1.54) is 37.9 Å². The molecule has 1 aliphatic heterocycles. The van der Waals surface area contributed by atoms with Gasteiger partial charge in [0.2, 0.25) is 0 Å². The number of imidazole rings is 1. The number of amides is 2. The molecule has 6 nitrogen and oxygen atoms in total. The Morgan fingerprint density at radius 2 is 1.71 bits per heavy atom. The molecule has 2 heterocycles.